The number of anilines is 1. The third kappa shape index (κ3) is 3.48. The van der Waals surface area contributed by atoms with Crippen molar-refractivity contribution >= 4 is 17.3 Å². The van der Waals surface area contributed by atoms with Crippen LogP contribution in [0.1, 0.15) is 11.1 Å². The van der Waals surface area contributed by atoms with Gasteiger partial charge in [-0.2, -0.15) is 0 Å². The number of halogens is 1. The van der Waals surface area contributed by atoms with E-state index in [1.807, 2.05) is 48.5 Å². The molecule has 2 rings (SSSR count). The van der Waals surface area contributed by atoms with Gasteiger partial charge in [0.05, 0.1) is 0 Å². The summed E-state index contributed by atoms with van der Waals surface area (Å²) in [6.07, 6.45) is 0. The van der Waals surface area contributed by atoms with Crippen molar-refractivity contribution in [1.82, 2.24) is 5.32 Å². The van der Waals surface area contributed by atoms with Crippen LogP contribution in [0.2, 0.25) is 5.02 Å². The molecule has 0 saturated heterocycles. The van der Waals surface area contributed by atoms with Crippen LogP contribution in [0.15, 0.2) is 48.5 Å². The van der Waals surface area contributed by atoms with Gasteiger partial charge in [0.1, 0.15) is 0 Å². The molecule has 0 heterocycles. The highest BCUT2D eigenvalue weighted by molar-refractivity contribution is 6.30. The molecule has 0 atom stereocenters. The third-order valence-corrected chi connectivity index (χ3v) is 2.82. The Kier molecular flexibility index (Phi) is 4.02. The van der Waals surface area contributed by atoms with Crippen molar-refractivity contribution in [3.63, 3.8) is 0 Å². The van der Waals surface area contributed by atoms with E-state index in [0.717, 1.165) is 29.4 Å². The van der Waals surface area contributed by atoms with Crippen molar-refractivity contribution in [3.05, 3.63) is 64.7 Å². The maximum Gasteiger partial charge on any atom is 0.0409 e. The highest BCUT2D eigenvalue weighted by Gasteiger charge is 1.98. The SMILES string of the molecule is Nc1ccccc1CNCc1cccc(Cl)c1. The predicted octanol–water partition coefficient (Wildman–Crippen LogP) is 3.21. The van der Waals surface area contributed by atoms with E-state index >= 15 is 0 Å². The number of hydrogen-bond acceptors (Lipinski definition) is 2. The molecule has 0 bridgehead atoms. The lowest BCUT2D eigenvalue weighted by Gasteiger charge is -2.07. The van der Waals surface area contributed by atoms with E-state index in [9.17, 15) is 0 Å². The lowest BCUT2D eigenvalue weighted by molar-refractivity contribution is 0.695. The van der Waals surface area contributed by atoms with Gasteiger partial charge in [-0.15, -0.1) is 0 Å². The number of nitrogens with one attached hydrogen (secondary N) is 1. The molecule has 88 valence electrons. The summed E-state index contributed by atoms with van der Waals surface area (Å²) in [5, 5.41) is 4.11. The van der Waals surface area contributed by atoms with Crippen molar-refractivity contribution in [1.29, 1.82) is 0 Å². The average Bonchev–Trinajstić information content (AvgIpc) is 2.32. The van der Waals surface area contributed by atoms with Gasteiger partial charge in [-0.3, -0.25) is 0 Å². The van der Waals surface area contributed by atoms with Crippen LogP contribution in [0.4, 0.5) is 5.69 Å². The fraction of sp³-hybridized carbons (Fsp3) is 0.143. The molecule has 0 amide bonds. The smallest absolute Gasteiger partial charge is 0.0409 e. The lowest BCUT2D eigenvalue weighted by atomic mass is 10.1. The monoisotopic (exact) mass is 246 g/mol. The standard InChI is InChI=1S/C14H15ClN2/c15-13-6-3-4-11(8-13)9-17-10-12-5-1-2-7-14(12)16/h1-8,17H,9-10,16H2. The normalized spacial score (nSPS) is 10.4. The molecule has 0 fully saturated rings. The molecule has 3 N–H and O–H groups in total. The van der Waals surface area contributed by atoms with Gasteiger partial charge in [-0.05, 0) is 29.3 Å². The van der Waals surface area contributed by atoms with Gasteiger partial charge in [-0.1, -0.05) is 41.9 Å². The minimum Gasteiger partial charge on any atom is -0.398 e. The van der Waals surface area contributed by atoms with E-state index in [1.54, 1.807) is 0 Å². The molecular formula is C14H15ClN2. The maximum atomic E-state index is 5.92. The number of para-hydroxylation sites is 1. The zero-order chi connectivity index (χ0) is 12.1. The van der Waals surface area contributed by atoms with Gasteiger partial charge < -0.3 is 11.1 Å². The van der Waals surface area contributed by atoms with Crippen molar-refractivity contribution < 1.29 is 0 Å². The summed E-state index contributed by atoms with van der Waals surface area (Å²) in [6, 6.07) is 15.7. The van der Waals surface area contributed by atoms with Crippen LogP contribution in [0.25, 0.3) is 0 Å². The summed E-state index contributed by atoms with van der Waals surface area (Å²) in [5.41, 5.74) is 8.98. The maximum absolute atomic E-state index is 5.92. The summed E-state index contributed by atoms with van der Waals surface area (Å²) >= 11 is 5.92. The summed E-state index contributed by atoms with van der Waals surface area (Å²) in [6.45, 7) is 1.55. The molecule has 17 heavy (non-hydrogen) atoms. The lowest BCUT2D eigenvalue weighted by Crippen LogP contribution is -2.13. The minimum atomic E-state index is 0.763. The molecule has 0 radical (unpaired) electrons. The first-order valence-corrected chi connectivity index (χ1v) is 5.92. The Hall–Kier alpha value is -1.51. The molecule has 2 aromatic carbocycles. The van der Waals surface area contributed by atoms with Crippen LogP contribution in [-0.4, -0.2) is 0 Å². The zero-order valence-electron chi connectivity index (χ0n) is 9.49. The highest BCUT2D eigenvalue weighted by atomic mass is 35.5. The van der Waals surface area contributed by atoms with E-state index in [0.29, 0.717) is 0 Å². The quantitative estimate of drug-likeness (QED) is 0.813. The van der Waals surface area contributed by atoms with Gasteiger partial charge in [0.15, 0.2) is 0 Å². The van der Waals surface area contributed by atoms with Crippen LogP contribution >= 0.6 is 11.6 Å². The summed E-state index contributed by atoms with van der Waals surface area (Å²) in [5.74, 6) is 0. The Morgan fingerprint density at radius 3 is 2.59 bits per heavy atom. The number of benzene rings is 2. The summed E-state index contributed by atoms with van der Waals surface area (Å²) in [4.78, 5) is 0. The largest absolute Gasteiger partial charge is 0.398 e. The van der Waals surface area contributed by atoms with Crippen LogP contribution in [0.5, 0.6) is 0 Å². The Labute approximate surface area is 106 Å². The second-order valence-electron chi connectivity index (χ2n) is 3.93. The third-order valence-electron chi connectivity index (χ3n) is 2.59. The van der Waals surface area contributed by atoms with Gasteiger partial charge in [0.2, 0.25) is 0 Å². The van der Waals surface area contributed by atoms with Gasteiger partial charge in [-0.25, -0.2) is 0 Å². The molecule has 0 aromatic heterocycles. The fourth-order valence-corrected chi connectivity index (χ4v) is 1.90. The number of nitrogens with two attached hydrogens (primary N) is 1. The second kappa shape index (κ2) is 5.71. The van der Waals surface area contributed by atoms with Gasteiger partial charge in [0.25, 0.3) is 0 Å². The molecule has 3 heteroatoms. The van der Waals surface area contributed by atoms with E-state index < -0.39 is 0 Å². The molecule has 2 aromatic rings. The summed E-state index contributed by atoms with van der Waals surface area (Å²) in [7, 11) is 0. The Bertz CT molecular complexity index is 497. The van der Waals surface area contributed by atoms with Crippen molar-refractivity contribution in [2.45, 2.75) is 13.1 Å². The molecule has 0 aliphatic heterocycles. The number of hydrogen-bond donors (Lipinski definition) is 2. The molecule has 2 nitrogen and oxygen atoms in total. The number of nitrogen functional groups attached to an aromatic ring is 1. The van der Waals surface area contributed by atoms with Gasteiger partial charge in [0, 0.05) is 23.8 Å². The molecule has 0 spiro atoms. The first kappa shape index (κ1) is 12.0. The molecule has 0 aliphatic carbocycles. The van der Waals surface area contributed by atoms with E-state index in [-0.39, 0.29) is 0 Å². The van der Waals surface area contributed by atoms with Crippen LogP contribution in [0.3, 0.4) is 0 Å². The van der Waals surface area contributed by atoms with Crippen molar-refractivity contribution in [2.75, 3.05) is 5.73 Å². The van der Waals surface area contributed by atoms with Crippen molar-refractivity contribution in [3.8, 4) is 0 Å². The number of rotatable bonds is 4. The Balaban J connectivity index is 1.90. The summed E-state index contributed by atoms with van der Waals surface area (Å²) < 4.78 is 0. The molecule has 0 aliphatic rings. The second-order valence-corrected chi connectivity index (χ2v) is 4.37. The first-order chi connectivity index (χ1) is 8.25. The predicted molar refractivity (Wildman–Crippen MR) is 72.9 cm³/mol. The zero-order valence-corrected chi connectivity index (χ0v) is 10.2. The Morgan fingerprint density at radius 1 is 1.00 bits per heavy atom. The van der Waals surface area contributed by atoms with Crippen LogP contribution in [0, 0.1) is 0 Å². The van der Waals surface area contributed by atoms with Crippen molar-refractivity contribution in [2.24, 2.45) is 0 Å². The minimum absolute atomic E-state index is 0.763. The highest BCUT2D eigenvalue weighted by Crippen LogP contribution is 2.12. The molecule has 0 saturated carbocycles. The van der Waals surface area contributed by atoms with Crippen LogP contribution < -0.4 is 11.1 Å². The first-order valence-electron chi connectivity index (χ1n) is 5.54. The van der Waals surface area contributed by atoms with E-state index in [2.05, 4.69) is 5.32 Å². The van der Waals surface area contributed by atoms with Crippen LogP contribution in [-0.2, 0) is 13.1 Å². The fourth-order valence-electron chi connectivity index (χ4n) is 1.68. The Morgan fingerprint density at radius 2 is 1.82 bits per heavy atom. The topological polar surface area (TPSA) is 38.0 Å². The van der Waals surface area contributed by atoms with E-state index in [4.69, 9.17) is 17.3 Å². The van der Waals surface area contributed by atoms with Gasteiger partial charge >= 0.3 is 0 Å². The molecule has 0 unspecified atom stereocenters. The molecular weight excluding hydrogens is 232 g/mol. The van der Waals surface area contributed by atoms with E-state index in [1.165, 1.54) is 5.56 Å². The average molecular weight is 247 g/mol.